The van der Waals surface area contributed by atoms with E-state index in [4.69, 9.17) is 4.74 Å². The van der Waals surface area contributed by atoms with Crippen LogP contribution < -0.4 is 15.4 Å². The molecule has 2 aromatic carbocycles. The molecule has 2 aromatic rings. The minimum absolute atomic E-state index is 0.0456. The molecule has 0 spiro atoms. The second-order valence-corrected chi connectivity index (χ2v) is 7.39. The van der Waals surface area contributed by atoms with Crippen LogP contribution in [-0.2, 0) is 16.1 Å². The van der Waals surface area contributed by atoms with Gasteiger partial charge in [-0.05, 0) is 42.7 Å². The van der Waals surface area contributed by atoms with Crippen molar-refractivity contribution in [3.05, 3.63) is 60.2 Å². The van der Waals surface area contributed by atoms with Gasteiger partial charge in [-0.25, -0.2) is 0 Å². The molecule has 2 fully saturated rings. The average Bonchev–Trinajstić information content (AvgIpc) is 3.50. The smallest absolute Gasteiger partial charge is 0.237 e. The maximum Gasteiger partial charge on any atom is 0.237 e. The number of hydrogen-bond acceptors (Lipinski definition) is 4. The summed E-state index contributed by atoms with van der Waals surface area (Å²) in [5.74, 6) is 1.42. The van der Waals surface area contributed by atoms with E-state index in [1.54, 1.807) is 0 Å². The van der Waals surface area contributed by atoms with Crippen LogP contribution in [0.2, 0.25) is 0 Å². The van der Waals surface area contributed by atoms with Crippen molar-refractivity contribution in [1.82, 2.24) is 15.5 Å². The SMILES string of the molecule is O=C(C[C@@H]1C(=O)NCCN1Cc1cccc(Oc2ccccc2)c1)NC1CC1. The monoisotopic (exact) mass is 379 g/mol. The van der Waals surface area contributed by atoms with E-state index in [2.05, 4.69) is 15.5 Å². The molecule has 6 heteroatoms. The molecule has 0 unspecified atom stereocenters. The predicted octanol–water partition coefficient (Wildman–Crippen LogP) is 2.45. The fourth-order valence-corrected chi connectivity index (χ4v) is 3.43. The Balaban J connectivity index is 1.42. The number of amides is 2. The number of nitrogens with zero attached hydrogens (tertiary/aromatic N) is 1. The molecule has 1 heterocycles. The van der Waals surface area contributed by atoms with Crippen molar-refractivity contribution in [1.29, 1.82) is 0 Å². The minimum atomic E-state index is -0.439. The molecule has 1 saturated carbocycles. The van der Waals surface area contributed by atoms with E-state index in [0.29, 0.717) is 19.1 Å². The fourth-order valence-electron chi connectivity index (χ4n) is 3.43. The van der Waals surface area contributed by atoms with Crippen LogP contribution in [0.5, 0.6) is 11.5 Å². The van der Waals surface area contributed by atoms with Gasteiger partial charge in [-0.1, -0.05) is 30.3 Å². The van der Waals surface area contributed by atoms with Gasteiger partial charge < -0.3 is 15.4 Å². The van der Waals surface area contributed by atoms with E-state index in [-0.39, 0.29) is 18.2 Å². The van der Waals surface area contributed by atoms with Gasteiger partial charge in [0.05, 0.1) is 12.5 Å². The zero-order valence-corrected chi connectivity index (χ0v) is 15.8. The van der Waals surface area contributed by atoms with Crippen LogP contribution in [0.25, 0.3) is 0 Å². The lowest BCUT2D eigenvalue weighted by molar-refractivity contribution is -0.134. The van der Waals surface area contributed by atoms with Crippen molar-refractivity contribution in [2.24, 2.45) is 0 Å². The molecule has 4 rings (SSSR count). The Morgan fingerprint density at radius 2 is 1.89 bits per heavy atom. The first-order valence-corrected chi connectivity index (χ1v) is 9.80. The molecule has 146 valence electrons. The lowest BCUT2D eigenvalue weighted by Crippen LogP contribution is -2.56. The van der Waals surface area contributed by atoms with Gasteiger partial charge in [-0.2, -0.15) is 0 Å². The zero-order valence-electron chi connectivity index (χ0n) is 15.8. The van der Waals surface area contributed by atoms with Crippen LogP contribution in [0.1, 0.15) is 24.8 Å². The summed E-state index contributed by atoms with van der Waals surface area (Å²) in [5.41, 5.74) is 1.05. The third-order valence-corrected chi connectivity index (χ3v) is 5.03. The van der Waals surface area contributed by atoms with E-state index in [1.165, 1.54) is 0 Å². The van der Waals surface area contributed by atoms with E-state index < -0.39 is 6.04 Å². The second kappa shape index (κ2) is 8.44. The topological polar surface area (TPSA) is 70.7 Å². The summed E-state index contributed by atoms with van der Waals surface area (Å²) in [6.07, 6.45) is 2.28. The fraction of sp³-hybridized carbons (Fsp3) is 0.364. The van der Waals surface area contributed by atoms with Gasteiger partial charge in [0.1, 0.15) is 11.5 Å². The summed E-state index contributed by atoms with van der Waals surface area (Å²) in [4.78, 5) is 26.7. The Labute approximate surface area is 164 Å². The van der Waals surface area contributed by atoms with Gasteiger partial charge in [0.25, 0.3) is 0 Å². The summed E-state index contributed by atoms with van der Waals surface area (Å²) in [6.45, 7) is 1.91. The Hall–Kier alpha value is -2.86. The highest BCUT2D eigenvalue weighted by atomic mass is 16.5. The molecule has 28 heavy (non-hydrogen) atoms. The number of para-hydroxylation sites is 1. The molecule has 6 nitrogen and oxygen atoms in total. The highest BCUT2D eigenvalue weighted by molar-refractivity contribution is 5.89. The lowest BCUT2D eigenvalue weighted by Gasteiger charge is -2.34. The van der Waals surface area contributed by atoms with Crippen molar-refractivity contribution >= 4 is 11.8 Å². The lowest BCUT2D eigenvalue weighted by atomic mass is 10.1. The first-order chi connectivity index (χ1) is 13.7. The van der Waals surface area contributed by atoms with Gasteiger partial charge in [-0.15, -0.1) is 0 Å². The molecule has 1 saturated heterocycles. The molecule has 1 aliphatic heterocycles. The van der Waals surface area contributed by atoms with Crippen molar-refractivity contribution in [3.63, 3.8) is 0 Å². The molecule has 0 aromatic heterocycles. The van der Waals surface area contributed by atoms with E-state index in [9.17, 15) is 9.59 Å². The molecule has 2 aliphatic rings. The number of ether oxygens (including phenoxy) is 1. The first kappa shape index (κ1) is 18.5. The maximum atomic E-state index is 12.4. The average molecular weight is 379 g/mol. The van der Waals surface area contributed by atoms with Crippen LogP contribution in [0, 0.1) is 0 Å². The molecule has 1 aliphatic carbocycles. The molecule has 1 atom stereocenters. The minimum Gasteiger partial charge on any atom is -0.457 e. The molecular weight excluding hydrogens is 354 g/mol. The number of carbonyl (C=O) groups excluding carboxylic acids is 2. The molecular formula is C22H25N3O3. The Kier molecular flexibility index (Phi) is 5.58. The van der Waals surface area contributed by atoms with Crippen LogP contribution in [0.3, 0.4) is 0 Å². The highest BCUT2D eigenvalue weighted by Crippen LogP contribution is 2.24. The van der Waals surface area contributed by atoms with Gasteiger partial charge in [0.15, 0.2) is 0 Å². The van der Waals surface area contributed by atoms with Gasteiger partial charge in [-0.3, -0.25) is 14.5 Å². The number of carbonyl (C=O) groups is 2. The van der Waals surface area contributed by atoms with Crippen LogP contribution in [0.15, 0.2) is 54.6 Å². The largest absolute Gasteiger partial charge is 0.457 e. The number of piperazine rings is 1. The molecule has 2 N–H and O–H groups in total. The number of benzene rings is 2. The van der Waals surface area contributed by atoms with Crippen molar-refractivity contribution in [2.45, 2.75) is 37.9 Å². The van der Waals surface area contributed by atoms with E-state index in [0.717, 1.165) is 36.4 Å². The summed E-state index contributed by atoms with van der Waals surface area (Å²) in [5, 5.41) is 5.86. The van der Waals surface area contributed by atoms with Crippen molar-refractivity contribution in [2.75, 3.05) is 13.1 Å². The number of nitrogens with one attached hydrogen (secondary N) is 2. The maximum absolute atomic E-state index is 12.4. The predicted molar refractivity (Wildman–Crippen MR) is 106 cm³/mol. The second-order valence-electron chi connectivity index (χ2n) is 7.39. The third kappa shape index (κ3) is 4.89. The summed E-state index contributed by atoms with van der Waals surface area (Å²) in [7, 11) is 0. The normalized spacial score (nSPS) is 19.7. The Morgan fingerprint density at radius 3 is 2.68 bits per heavy atom. The zero-order chi connectivity index (χ0) is 19.3. The van der Waals surface area contributed by atoms with Crippen LogP contribution >= 0.6 is 0 Å². The first-order valence-electron chi connectivity index (χ1n) is 9.80. The van der Waals surface area contributed by atoms with Crippen molar-refractivity contribution in [3.8, 4) is 11.5 Å². The quantitative estimate of drug-likeness (QED) is 0.775. The summed E-state index contributed by atoms with van der Waals surface area (Å²) < 4.78 is 5.91. The molecule has 0 radical (unpaired) electrons. The number of rotatable bonds is 7. The Bertz CT molecular complexity index is 836. The van der Waals surface area contributed by atoms with Gasteiger partial charge in [0, 0.05) is 25.7 Å². The standard InChI is InChI=1S/C22H25N3O3/c26-21(24-17-9-10-17)14-20-22(27)23-11-12-25(20)15-16-5-4-8-19(13-16)28-18-6-2-1-3-7-18/h1-8,13,17,20H,9-12,14-15H2,(H,23,27)(H,24,26)/t20-/m1/s1. The van der Waals surface area contributed by atoms with Gasteiger partial charge >= 0.3 is 0 Å². The molecule has 2 amide bonds. The van der Waals surface area contributed by atoms with Crippen LogP contribution in [-0.4, -0.2) is 41.9 Å². The van der Waals surface area contributed by atoms with Crippen molar-refractivity contribution < 1.29 is 14.3 Å². The summed E-state index contributed by atoms with van der Waals surface area (Å²) >= 11 is 0. The number of hydrogen-bond donors (Lipinski definition) is 2. The highest BCUT2D eigenvalue weighted by Gasteiger charge is 2.33. The van der Waals surface area contributed by atoms with E-state index >= 15 is 0 Å². The van der Waals surface area contributed by atoms with Crippen LogP contribution in [0.4, 0.5) is 0 Å². The molecule has 0 bridgehead atoms. The third-order valence-electron chi connectivity index (χ3n) is 5.03. The summed E-state index contributed by atoms with van der Waals surface area (Å²) in [6, 6.07) is 17.4. The van der Waals surface area contributed by atoms with Gasteiger partial charge in [0.2, 0.25) is 11.8 Å². The Morgan fingerprint density at radius 1 is 1.11 bits per heavy atom. The van der Waals surface area contributed by atoms with E-state index in [1.807, 2.05) is 54.6 Å².